The Morgan fingerprint density at radius 3 is 2.64 bits per heavy atom. The van der Waals surface area contributed by atoms with E-state index >= 15 is 0 Å². The molecule has 0 saturated carbocycles. The molecular weight excluding hydrogens is 327 g/mol. The normalized spacial score (nSPS) is 16.6. The first-order chi connectivity index (χ1) is 12.1. The van der Waals surface area contributed by atoms with Crippen LogP contribution in [0.1, 0.15) is 11.9 Å². The van der Waals surface area contributed by atoms with Gasteiger partial charge in [0, 0.05) is 32.7 Å². The van der Waals surface area contributed by atoms with E-state index in [2.05, 4.69) is 4.90 Å². The third-order valence-corrected chi connectivity index (χ3v) is 4.22. The summed E-state index contributed by atoms with van der Waals surface area (Å²) in [5.74, 6) is -0.0330. The van der Waals surface area contributed by atoms with Crippen molar-refractivity contribution in [2.24, 2.45) is 0 Å². The Balaban J connectivity index is 1.42. The maximum Gasteiger partial charge on any atom is 0.260 e. The predicted molar refractivity (Wildman–Crippen MR) is 88.6 cm³/mol. The molecule has 2 aromatic rings. The summed E-state index contributed by atoms with van der Waals surface area (Å²) in [6, 6.07) is 9.50. The Hall–Kier alpha value is -2.38. The van der Waals surface area contributed by atoms with Gasteiger partial charge in [0.25, 0.3) is 5.91 Å². The van der Waals surface area contributed by atoms with Gasteiger partial charge >= 0.3 is 0 Å². The topological polar surface area (TPSA) is 66.2 Å². The molecule has 0 aliphatic carbocycles. The smallest absolute Gasteiger partial charge is 0.260 e. The van der Waals surface area contributed by atoms with Crippen molar-refractivity contribution in [1.82, 2.24) is 9.80 Å². The summed E-state index contributed by atoms with van der Waals surface area (Å²) in [7, 11) is 0. The Bertz CT molecular complexity index is 684. The lowest BCUT2D eigenvalue weighted by Crippen LogP contribution is -2.50. The molecule has 1 aromatic carbocycles. The Morgan fingerprint density at radius 2 is 1.96 bits per heavy atom. The van der Waals surface area contributed by atoms with E-state index in [9.17, 15) is 14.3 Å². The van der Waals surface area contributed by atoms with Crippen LogP contribution in [0.5, 0.6) is 5.75 Å². The zero-order valence-corrected chi connectivity index (χ0v) is 13.8. The van der Waals surface area contributed by atoms with Gasteiger partial charge in [-0.1, -0.05) is 12.1 Å². The molecule has 1 saturated heterocycles. The van der Waals surface area contributed by atoms with Gasteiger partial charge in [0.2, 0.25) is 0 Å². The number of para-hydroxylation sites is 1. The summed E-state index contributed by atoms with van der Waals surface area (Å²) >= 11 is 0. The molecule has 0 radical (unpaired) electrons. The molecular formula is C18H21FN2O4. The number of ether oxygens (including phenoxy) is 1. The predicted octanol–water partition coefficient (Wildman–Crippen LogP) is 1.68. The zero-order chi connectivity index (χ0) is 17.6. The Kier molecular flexibility index (Phi) is 5.67. The Labute approximate surface area is 145 Å². The number of hydrogen-bond donors (Lipinski definition) is 1. The first-order valence-corrected chi connectivity index (χ1v) is 8.22. The molecule has 0 bridgehead atoms. The summed E-state index contributed by atoms with van der Waals surface area (Å²) in [5.41, 5.74) is 0. The van der Waals surface area contributed by atoms with Gasteiger partial charge in [-0.05, 0) is 24.3 Å². The second kappa shape index (κ2) is 8.13. The number of nitrogens with zero attached hydrogens (tertiary/aromatic N) is 2. The number of halogens is 1. The number of carbonyl (C=O) groups excluding carboxylic acids is 1. The molecule has 1 atom stereocenters. The Morgan fingerprint density at radius 1 is 1.20 bits per heavy atom. The number of benzene rings is 1. The van der Waals surface area contributed by atoms with E-state index in [0.717, 1.165) is 0 Å². The summed E-state index contributed by atoms with van der Waals surface area (Å²) in [5, 5.41) is 10.1. The minimum absolute atomic E-state index is 0.0797. The van der Waals surface area contributed by atoms with E-state index in [-0.39, 0.29) is 18.3 Å². The van der Waals surface area contributed by atoms with E-state index < -0.39 is 11.9 Å². The summed E-state index contributed by atoms with van der Waals surface area (Å²) < 4.78 is 23.9. The molecule has 1 amide bonds. The summed E-state index contributed by atoms with van der Waals surface area (Å²) in [6.45, 7) is 2.68. The van der Waals surface area contributed by atoms with Crippen molar-refractivity contribution < 1.29 is 23.4 Å². The average Bonchev–Trinajstić information content (AvgIpc) is 3.16. The number of furan rings is 1. The second-order valence-electron chi connectivity index (χ2n) is 5.93. The standard InChI is InChI=1S/C18H21FN2O4/c19-14-4-1-2-5-16(14)25-13-18(23)21-9-7-20(8-10-21)12-15(22)17-6-3-11-24-17/h1-6,11,15,22H,7-10,12-13H2. The molecule has 7 heteroatoms. The maximum absolute atomic E-state index is 13.5. The van der Waals surface area contributed by atoms with Gasteiger partial charge in [-0.25, -0.2) is 4.39 Å². The van der Waals surface area contributed by atoms with Gasteiger partial charge in [0.05, 0.1) is 6.26 Å². The molecule has 2 heterocycles. The minimum Gasteiger partial charge on any atom is -0.481 e. The van der Waals surface area contributed by atoms with Crippen LogP contribution < -0.4 is 4.74 Å². The molecule has 1 N–H and O–H groups in total. The van der Waals surface area contributed by atoms with Crippen molar-refractivity contribution in [2.45, 2.75) is 6.10 Å². The highest BCUT2D eigenvalue weighted by Gasteiger charge is 2.24. The fourth-order valence-electron chi connectivity index (χ4n) is 2.79. The lowest BCUT2D eigenvalue weighted by Gasteiger charge is -2.35. The van der Waals surface area contributed by atoms with Crippen LogP contribution in [0.2, 0.25) is 0 Å². The SMILES string of the molecule is O=C(COc1ccccc1F)N1CCN(CC(O)c2ccco2)CC1. The van der Waals surface area contributed by atoms with E-state index in [4.69, 9.17) is 9.15 Å². The molecule has 1 fully saturated rings. The van der Waals surface area contributed by atoms with Crippen LogP contribution in [0, 0.1) is 5.82 Å². The van der Waals surface area contributed by atoms with Gasteiger partial charge in [-0.3, -0.25) is 9.69 Å². The molecule has 25 heavy (non-hydrogen) atoms. The molecule has 0 spiro atoms. The highest BCUT2D eigenvalue weighted by atomic mass is 19.1. The highest BCUT2D eigenvalue weighted by molar-refractivity contribution is 5.77. The van der Waals surface area contributed by atoms with Crippen LogP contribution >= 0.6 is 0 Å². The highest BCUT2D eigenvalue weighted by Crippen LogP contribution is 2.17. The van der Waals surface area contributed by atoms with E-state index in [1.54, 1.807) is 29.2 Å². The van der Waals surface area contributed by atoms with Crippen molar-refractivity contribution >= 4 is 5.91 Å². The van der Waals surface area contributed by atoms with Gasteiger partial charge in [-0.2, -0.15) is 0 Å². The van der Waals surface area contributed by atoms with Gasteiger partial charge in [-0.15, -0.1) is 0 Å². The van der Waals surface area contributed by atoms with E-state index in [1.165, 1.54) is 18.4 Å². The maximum atomic E-state index is 13.5. The van der Waals surface area contributed by atoms with Crippen molar-refractivity contribution in [2.75, 3.05) is 39.3 Å². The molecule has 3 rings (SSSR count). The number of rotatable bonds is 6. The van der Waals surface area contributed by atoms with Crippen LogP contribution in [0.25, 0.3) is 0 Å². The summed E-state index contributed by atoms with van der Waals surface area (Å²) in [6.07, 6.45) is 0.853. The molecule has 1 unspecified atom stereocenters. The first kappa shape index (κ1) is 17.4. The number of hydrogen-bond acceptors (Lipinski definition) is 5. The van der Waals surface area contributed by atoms with Crippen LogP contribution in [0.3, 0.4) is 0 Å². The lowest BCUT2D eigenvalue weighted by molar-refractivity contribution is -0.135. The quantitative estimate of drug-likeness (QED) is 0.860. The summed E-state index contributed by atoms with van der Waals surface area (Å²) in [4.78, 5) is 16.0. The van der Waals surface area contributed by atoms with Crippen LogP contribution in [-0.2, 0) is 4.79 Å². The third kappa shape index (κ3) is 4.58. The third-order valence-electron chi connectivity index (χ3n) is 4.22. The number of amides is 1. The van der Waals surface area contributed by atoms with Gasteiger partial charge in [0.1, 0.15) is 11.9 Å². The number of carbonyl (C=O) groups is 1. The van der Waals surface area contributed by atoms with Crippen molar-refractivity contribution in [3.8, 4) is 5.75 Å². The van der Waals surface area contributed by atoms with Gasteiger partial charge < -0.3 is 19.2 Å². The molecule has 134 valence electrons. The van der Waals surface area contributed by atoms with Gasteiger partial charge in [0.15, 0.2) is 18.2 Å². The molecule has 1 aromatic heterocycles. The van der Waals surface area contributed by atoms with Crippen LogP contribution in [-0.4, -0.2) is 60.1 Å². The monoisotopic (exact) mass is 348 g/mol. The largest absolute Gasteiger partial charge is 0.481 e. The average molecular weight is 348 g/mol. The fraction of sp³-hybridized carbons (Fsp3) is 0.389. The van der Waals surface area contributed by atoms with E-state index in [1.807, 2.05) is 0 Å². The molecule has 6 nitrogen and oxygen atoms in total. The second-order valence-corrected chi connectivity index (χ2v) is 5.93. The van der Waals surface area contributed by atoms with Crippen LogP contribution in [0.4, 0.5) is 4.39 Å². The lowest BCUT2D eigenvalue weighted by atomic mass is 10.2. The number of aliphatic hydroxyl groups excluding tert-OH is 1. The van der Waals surface area contributed by atoms with Crippen LogP contribution in [0.15, 0.2) is 47.1 Å². The molecule has 1 aliphatic heterocycles. The number of β-amino-alcohol motifs (C(OH)–C–C–N with tert-alkyl or cyclic N) is 1. The molecule has 1 aliphatic rings. The fourth-order valence-corrected chi connectivity index (χ4v) is 2.79. The first-order valence-electron chi connectivity index (χ1n) is 8.22. The van der Waals surface area contributed by atoms with E-state index in [0.29, 0.717) is 38.5 Å². The minimum atomic E-state index is -0.679. The van der Waals surface area contributed by atoms with Crippen molar-refractivity contribution in [3.63, 3.8) is 0 Å². The number of piperazine rings is 1. The zero-order valence-electron chi connectivity index (χ0n) is 13.8. The van der Waals surface area contributed by atoms with Crippen molar-refractivity contribution in [1.29, 1.82) is 0 Å². The number of aliphatic hydroxyl groups is 1. The van der Waals surface area contributed by atoms with Crippen molar-refractivity contribution in [3.05, 3.63) is 54.2 Å².